The highest BCUT2D eigenvalue weighted by Crippen LogP contribution is 2.43. The molecule has 46 heavy (non-hydrogen) atoms. The summed E-state index contributed by atoms with van der Waals surface area (Å²) in [6.45, 7) is 0. The topological polar surface area (TPSA) is 128 Å². The Labute approximate surface area is 265 Å². The number of anilines is 2. The summed E-state index contributed by atoms with van der Waals surface area (Å²) in [7, 11) is 0. The summed E-state index contributed by atoms with van der Waals surface area (Å²) in [5.41, 5.74) is 0.660. The maximum Gasteiger partial charge on any atom is 0.573 e. The number of benzene rings is 2. The van der Waals surface area contributed by atoms with Crippen molar-refractivity contribution < 1.29 is 45.4 Å². The Hall–Kier alpha value is -4.32. The number of carbonyl (C=O) groups is 2. The van der Waals surface area contributed by atoms with Gasteiger partial charge in [-0.1, -0.05) is 53.4 Å². The molecule has 2 atom stereocenters. The number of aromatic nitrogens is 4. The fourth-order valence-corrected chi connectivity index (χ4v) is 6.76. The van der Waals surface area contributed by atoms with E-state index in [0.29, 0.717) is 17.5 Å². The van der Waals surface area contributed by atoms with Crippen LogP contribution in [0.4, 0.5) is 36.6 Å². The molecule has 10 nitrogen and oxygen atoms in total. The highest BCUT2D eigenvalue weighted by Gasteiger charge is 2.32. The molecule has 2 aromatic carbocycles. The molecule has 1 saturated carbocycles. The van der Waals surface area contributed by atoms with E-state index in [-0.39, 0.29) is 34.9 Å². The fraction of sp³-hybridized carbons (Fsp3) is 0.357. The third-order valence-electron chi connectivity index (χ3n) is 6.74. The second-order valence-electron chi connectivity index (χ2n) is 10.3. The van der Waals surface area contributed by atoms with Crippen LogP contribution >= 0.6 is 22.7 Å². The number of halogens is 6. The maximum atomic E-state index is 12.5. The first kappa shape index (κ1) is 33.1. The minimum absolute atomic E-state index is 0.0336. The van der Waals surface area contributed by atoms with Crippen LogP contribution in [0.15, 0.2) is 48.5 Å². The third-order valence-corrected chi connectivity index (χ3v) is 8.74. The monoisotopic (exact) mass is 686 g/mol. The molecule has 1 aliphatic carbocycles. The van der Waals surface area contributed by atoms with Crippen molar-refractivity contribution >= 4 is 44.8 Å². The van der Waals surface area contributed by atoms with Crippen LogP contribution in [0.3, 0.4) is 0 Å². The molecule has 18 heteroatoms. The maximum absolute atomic E-state index is 12.5. The Morgan fingerprint density at radius 2 is 1.15 bits per heavy atom. The van der Waals surface area contributed by atoms with E-state index >= 15 is 0 Å². The van der Waals surface area contributed by atoms with Gasteiger partial charge in [0.15, 0.2) is 0 Å². The summed E-state index contributed by atoms with van der Waals surface area (Å²) in [5, 5.41) is 23.8. The number of carbonyl (C=O) groups excluding carboxylic acids is 2. The van der Waals surface area contributed by atoms with Crippen molar-refractivity contribution in [3.63, 3.8) is 0 Å². The molecule has 0 bridgehead atoms. The number of hydrogen-bond acceptors (Lipinski definition) is 10. The average Bonchev–Trinajstić information content (AvgIpc) is 3.61. The quantitative estimate of drug-likeness (QED) is 0.171. The van der Waals surface area contributed by atoms with Gasteiger partial charge in [-0.15, -0.1) is 46.7 Å². The molecule has 5 rings (SSSR count). The van der Waals surface area contributed by atoms with Gasteiger partial charge < -0.3 is 20.1 Å². The van der Waals surface area contributed by atoms with E-state index < -0.39 is 36.0 Å². The molecule has 2 heterocycles. The van der Waals surface area contributed by atoms with Crippen LogP contribution in [0.5, 0.6) is 11.5 Å². The minimum Gasteiger partial charge on any atom is -0.406 e. The lowest BCUT2D eigenvalue weighted by atomic mass is 9.82. The summed E-state index contributed by atoms with van der Waals surface area (Å²) in [6.07, 6.45) is -6.84. The van der Waals surface area contributed by atoms with Gasteiger partial charge in [0.2, 0.25) is 22.1 Å². The minimum atomic E-state index is -4.84. The molecular formula is C28H24F6N6O4S2. The molecule has 0 saturated heterocycles. The summed E-state index contributed by atoms with van der Waals surface area (Å²) in [5.74, 6) is -1.72. The number of amides is 2. The third kappa shape index (κ3) is 9.84. The van der Waals surface area contributed by atoms with Crippen molar-refractivity contribution in [1.29, 1.82) is 0 Å². The van der Waals surface area contributed by atoms with Gasteiger partial charge >= 0.3 is 12.7 Å². The molecule has 0 radical (unpaired) electrons. The Morgan fingerprint density at radius 3 is 1.57 bits per heavy atom. The standard InChI is InChI=1S/C28H24F6N6O4S2/c29-27(30,31)43-19-8-1-4-15(10-19)12-21(41)35-25-39-37-23(45-25)17-6-3-7-18(14-17)24-38-40-26(46-24)36-22(42)13-16-5-2-9-20(11-16)44-28(32,33)34/h1-2,4-5,8-11,17-18H,3,6-7,12-14H2,(H,35,39,41)(H,36,40,42)/t17-,18?/m0/s1. The predicted octanol–water partition coefficient (Wildman–Crippen LogP) is 6.99. The molecule has 1 unspecified atom stereocenters. The van der Waals surface area contributed by atoms with Crippen LogP contribution in [-0.2, 0) is 22.4 Å². The number of alkyl halides is 6. The number of nitrogens with one attached hydrogen (secondary N) is 2. The van der Waals surface area contributed by atoms with Gasteiger partial charge in [-0.3, -0.25) is 9.59 Å². The summed E-state index contributed by atoms with van der Waals surface area (Å²) in [6, 6.07) is 10.3. The van der Waals surface area contributed by atoms with Crippen molar-refractivity contribution in [3.8, 4) is 11.5 Å². The molecular weight excluding hydrogens is 662 g/mol. The normalized spacial score (nSPS) is 16.9. The van der Waals surface area contributed by atoms with Gasteiger partial charge in [0.25, 0.3) is 0 Å². The second-order valence-corrected chi connectivity index (χ2v) is 12.3. The summed E-state index contributed by atoms with van der Waals surface area (Å²) >= 11 is 2.43. The van der Waals surface area contributed by atoms with E-state index in [9.17, 15) is 35.9 Å². The Kier molecular flexibility index (Phi) is 10.0. The molecule has 0 spiro atoms. The molecule has 2 aromatic heterocycles. The van der Waals surface area contributed by atoms with Crippen molar-refractivity contribution in [2.45, 2.75) is 63.1 Å². The van der Waals surface area contributed by atoms with Gasteiger partial charge in [-0.2, -0.15) is 0 Å². The highest BCUT2D eigenvalue weighted by atomic mass is 32.1. The number of rotatable bonds is 10. The molecule has 2 amide bonds. The van der Waals surface area contributed by atoms with Gasteiger partial charge in [0.1, 0.15) is 21.5 Å². The van der Waals surface area contributed by atoms with Crippen molar-refractivity contribution in [1.82, 2.24) is 20.4 Å². The molecule has 2 N–H and O–H groups in total. The first-order chi connectivity index (χ1) is 21.8. The lowest BCUT2D eigenvalue weighted by Gasteiger charge is -2.25. The smallest absolute Gasteiger partial charge is 0.406 e. The van der Waals surface area contributed by atoms with Crippen LogP contribution < -0.4 is 20.1 Å². The van der Waals surface area contributed by atoms with Crippen LogP contribution in [0.2, 0.25) is 0 Å². The van der Waals surface area contributed by atoms with Gasteiger partial charge in [0, 0.05) is 11.8 Å². The lowest BCUT2D eigenvalue weighted by molar-refractivity contribution is -0.275. The van der Waals surface area contributed by atoms with Crippen LogP contribution in [0, 0.1) is 0 Å². The first-order valence-corrected chi connectivity index (χ1v) is 15.4. The molecule has 1 aliphatic rings. The Balaban J connectivity index is 1.13. The largest absolute Gasteiger partial charge is 0.573 e. The van der Waals surface area contributed by atoms with E-state index in [2.05, 4.69) is 40.5 Å². The van der Waals surface area contributed by atoms with E-state index in [0.717, 1.165) is 53.5 Å². The van der Waals surface area contributed by atoms with Gasteiger partial charge in [0.05, 0.1) is 12.8 Å². The zero-order valence-corrected chi connectivity index (χ0v) is 25.2. The van der Waals surface area contributed by atoms with Crippen LogP contribution in [-0.4, -0.2) is 44.9 Å². The molecule has 4 aromatic rings. The molecule has 0 aliphatic heterocycles. The number of ether oxygens (including phenoxy) is 2. The number of nitrogens with zero attached hydrogens (tertiary/aromatic N) is 4. The van der Waals surface area contributed by atoms with E-state index in [1.165, 1.54) is 46.9 Å². The lowest BCUT2D eigenvalue weighted by Crippen LogP contribution is -2.18. The zero-order valence-electron chi connectivity index (χ0n) is 23.5. The zero-order chi connectivity index (χ0) is 32.9. The van der Waals surface area contributed by atoms with Crippen molar-refractivity contribution in [3.05, 3.63) is 69.7 Å². The van der Waals surface area contributed by atoms with Crippen molar-refractivity contribution in [2.75, 3.05) is 10.6 Å². The van der Waals surface area contributed by atoms with Crippen LogP contribution in [0.1, 0.15) is 58.7 Å². The Bertz CT molecular complexity index is 1560. The SMILES string of the molecule is O=C(Cc1cccc(OC(F)(F)F)c1)Nc1nnc(C2CCC[C@H](c3nnc(NC(=O)Cc4cccc(OC(F)(F)F)c4)s3)C2)s1. The summed E-state index contributed by atoms with van der Waals surface area (Å²) in [4.78, 5) is 25.0. The fourth-order valence-electron chi connectivity index (χ4n) is 4.94. The molecule has 244 valence electrons. The Morgan fingerprint density at radius 1 is 0.717 bits per heavy atom. The first-order valence-electron chi connectivity index (χ1n) is 13.7. The molecule has 1 fully saturated rings. The highest BCUT2D eigenvalue weighted by molar-refractivity contribution is 7.15. The van der Waals surface area contributed by atoms with Gasteiger partial charge in [-0.05, 0) is 54.7 Å². The average molecular weight is 687 g/mol. The number of hydrogen-bond donors (Lipinski definition) is 2. The summed E-state index contributed by atoms with van der Waals surface area (Å²) < 4.78 is 82.8. The van der Waals surface area contributed by atoms with Crippen molar-refractivity contribution in [2.24, 2.45) is 0 Å². The van der Waals surface area contributed by atoms with E-state index in [4.69, 9.17) is 0 Å². The van der Waals surface area contributed by atoms with Gasteiger partial charge in [-0.25, -0.2) is 0 Å². The van der Waals surface area contributed by atoms with E-state index in [1.807, 2.05) is 0 Å². The van der Waals surface area contributed by atoms with Crippen LogP contribution in [0.25, 0.3) is 0 Å². The second kappa shape index (κ2) is 14.0. The van der Waals surface area contributed by atoms with E-state index in [1.54, 1.807) is 0 Å². The predicted molar refractivity (Wildman–Crippen MR) is 155 cm³/mol.